The van der Waals surface area contributed by atoms with E-state index >= 15 is 0 Å². The van der Waals surface area contributed by atoms with Crippen molar-refractivity contribution in [3.05, 3.63) is 83.3 Å². The third kappa shape index (κ3) is 4.08. The largest absolute Gasteiger partial charge is 0.438 e. The molecule has 2 aromatic heterocycles. The van der Waals surface area contributed by atoms with Crippen LogP contribution in [-0.4, -0.2) is 15.9 Å². The zero-order valence-electron chi connectivity index (χ0n) is 12.6. The third-order valence-corrected chi connectivity index (χ3v) is 3.45. The molecule has 5 nitrogen and oxygen atoms in total. The summed E-state index contributed by atoms with van der Waals surface area (Å²) in [4.78, 5) is 20.7. The van der Waals surface area contributed by atoms with E-state index in [1.165, 1.54) is 0 Å². The first kappa shape index (κ1) is 16.0. The van der Waals surface area contributed by atoms with Gasteiger partial charge in [0.15, 0.2) is 0 Å². The molecule has 1 amide bonds. The number of hydrogen-bond donors (Lipinski definition) is 1. The Bertz CT molecular complexity index is 823. The molecule has 0 radical (unpaired) electrons. The van der Waals surface area contributed by atoms with Gasteiger partial charge in [-0.15, -0.1) is 0 Å². The SMILES string of the molecule is O=C(NCc1ccccn1)c1cccnc1Oc1ccc(Cl)cc1. The fourth-order valence-electron chi connectivity index (χ4n) is 2.03. The molecule has 0 saturated heterocycles. The molecule has 3 aromatic rings. The van der Waals surface area contributed by atoms with Gasteiger partial charge in [-0.25, -0.2) is 4.98 Å². The van der Waals surface area contributed by atoms with Gasteiger partial charge in [0, 0.05) is 17.4 Å². The van der Waals surface area contributed by atoms with Crippen LogP contribution in [0.2, 0.25) is 5.02 Å². The first-order valence-corrected chi connectivity index (χ1v) is 7.67. The molecule has 0 unspecified atom stereocenters. The summed E-state index contributed by atoms with van der Waals surface area (Å²) in [5, 5.41) is 3.42. The van der Waals surface area contributed by atoms with E-state index in [1.807, 2.05) is 18.2 Å². The average Bonchev–Trinajstić information content (AvgIpc) is 2.63. The number of ether oxygens (including phenoxy) is 1. The van der Waals surface area contributed by atoms with Gasteiger partial charge in [-0.2, -0.15) is 0 Å². The highest BCUT2D eigenvalue weighted by atomic mass is 35.5. The lowest BCUT2D eigenvalue weighted by Gasteiger charge is -2.10. The predicted octanol–water partition coefficient (Wildman–Crippen LogP) is 3.85. The molecule has 0 spiro atoms. The van der Waals surface area contributed by atoms with Gasteiger partial charge < -0.3 is 10.1 Å². The van der Waals surface area contributed by atoms with E-state index in [9.17, 15) is 4.79 Å². The molecule has 6 heteroatoms. The molecule has 0 fully saturated rings. The van der Waals surface area contributed by atoms with E-state index in [0.29, 0.717) is 22.9 Å². The topological polar surface area (TPSA) is 64.1 Å². The summed E-state index contributed by atoms with van der Waals surface area (Å²) in [5.74, 6) is 0.507. The molecular formula is C18H14ClN3O2. The lowest BCUT2D eigenvalue weighted by Crippen LogP contribution is -2.24. The fraction of sp³-hybridized carbons (Fsp3) is 0.0556. The lowest BCUT2D eigenvalue weighted by molar-refractivity contribution is 0.0947. The van der Waals surface area contributed by atoms with Gasteiger partial charge in [0.1, 0.15) is 11.3 Å². The summed E-state index contributed by atoms with van der Waals surface area (Å²) in [6.45, 7) is 0.328. The lowest BCUT2D eigenvalue weighted by atomic mass is 10.2. The van der Waals surface area contributed by atoms with Gasteiger partial charge >= 0.3 is 0 Å². The zero-order valence-corrected chi connectivity index (χ0v) is 13.4. The molecule has 0 saturated carbocycles. The maximum atomic E-state index is 12.4. The number of carbonyl (C=O) groups excluding carboxylic acids is 1. The second-order valence-electron chi connectivity index (χ2n) is 4.92. The Kier molecular flexibility index (Phi) is 5.03. The van der Waals surface area contributed by atoms with Crippen molar-refractivity contribution in [3.63, 3.8) is 0 Å². The van der Waals surface area contributed by atoms with Crippen LogP contribution >= 0.6 is 11.6 Å². The second kappa shape index (κ2) is 7.57. The van der Waals surface area contributed by atoms with Crippen molar-refractivity contribution in [1.29, 1.82) is 0 Å². The summed E-state index contributed by atoms with van der Waals surface area (Å²) < 4.78 is 5.69. The summed E-state index contributed by atoms with van der Waals surface area (Å²) in [5.41, 5.74) is 1.12. The Balaban J connectivity index is 1.73. The van der Waals surface area contributed by atoms with Crippen LogP contribution in [0.25, 0.3) is 0 Å². The highest BCUT2D eigenvalue weighted by molar-refractivity contribution is 6.30. The van der Waals surface area contributed by atoms with Crippen molar-refractivity contribution in [2.24, 2.45) is 0 Å². The van der Waals surface area contributed by atoms with Crippen LogP contribution in [-0.2, 0) is 6.54 Å². The quantitative estimate of drug-likeness (QED) is 0.766. The number of aromatic nitrogens is 2. The van der Waals surface area contributed by atoms with Gasteiger partial charge in [-0.3, -0.25) is 9.78 Å². The molecule has 2 heterocycles. The van der Waals surface area contributed by atoms with Crippen LogP contribution in [0.15, 0.2) is 67.0 Å². The van der Waals surface area contributed by atoms with E-state index in [4.69, 9.17) is 16.3 Å². The monoisotopic (exact) mass is 339 g/mol. The van der Waals surface area contributed by atoms with Crippen molar-refractivity contribution in [2.75, 3.05) is 0 Å². The molecule has 0 aliphatic rings. The van der Waals surface area contributed by atoms with Gasteiger partial charge in [-0.05, 0) is 48.5 Å². The minimum Gasteiger partial charge on any atom is -0.438 e. The summed E-state index contributed by atoms with van der Waals surface area (Å²) >= 11 is 5.85. The number of halogens is 1. The Morgan fingerprint density at radius 1 is 1.00 bits per heavy atom. The predicted molar refractivity (Wildman–Crippen MR) is 91.2 cm³/mol. The molecule has 0 atom stereocenters. The van der Waals surface area contributed by atoms with Gasteiger partial charge in [0.2, 0.25) is 5.88 Å². The molecule has 1 N–H and O–H groups in total. The van der Waals surface area contributed by atoms with Crippen LogP contribution in [0.4, 0.5) is 0 Å². The molecule has 120 valence electrons. The van der Waals surface area contributed by atoms with E-state index in [2.05, 4.69) is 15.3 Å². The molecule has 24 heavy (non-hydrogen) atoms. The van der Waals surface area contributed by atoms with Gasteiger partial charge in [0.05, 0.1) is 12.2 Å². The van der Waals surface area contributed by atoms with Crippen molar-refractivity contribution in [2.45, 2.75) is 6.54 Å². The molecular weight excluding hydrogens is 326 g/mol. The molecule has 0 aliphatic heterocycles. The molecule has 0 aliphatic carbocycles. The summed E-state index contributed by atoms with van der Waals surface area (Å²) in [7, 11) is 0. The molecule has 0 bridgehead atoms. The number of nitrogens with one attached hydrogen (secondary N) is 1. The first-order valence-electron chi connectivity index (χ1n) is 7.29. The first-order chi connectivity index (χ1) is 11.7. The fourth-order valence-corrected chi connectivity index (χ4v) is 2.15. The van der Waals surface area contributed by atoms with Crippen LogP contribution in [0.5, 0.6) is 11.6 Å². The highest BCUT2D eigenvalue weighted by Gasteiger charge is 2.14. The van der Waals surface area contributed by atoms with E-state index in [0.717, 1.165) is 5.69 Å². The maximum Gasteiger partial charge on any atom is 0.257 e. The Hall–Kier alpha value is -2.92. The summed E-state index contributed by atoms with van der Waals surface area (Å²) in [6, 6.07) is 15.7. The van der Waals surface area contributed by atoms with Crippen molar-refractivity contribution >= 4 is 17.5 Å². The number of hydrogen-bond acceptors (Lipinski definition) is 4. The van der Waals surface area contributed by atoms with Crippen molar-refractivity contribution in [3.8, 4) is 11.6 Å². The number of rotatable bonds is 5. The smallest absolute Gasteiger partial charge is 0.257 e. The number of benzene rings is 1. The van der Waals surface area contributed by atoms with Crippen LogP contribution in [0.3, 0.4) is 0 Å². The zero-order chi connectivity index (χ0) is 16.8. The number of carbonyl (C=O) groups is 1. The maximum absolute atomic E-state index is 12.4. The molecule has 1 aromatic carbocycles. The van der Waals surface area contributed by atoms with Crippen LogP contribution in [0.1, 0.15) is 16.1 Å². The van der Waals surface area contributed by atoms with Crippen LogP contribution < -0.4 is 10.1 Å². The Labute approximate surface area is 144 Å². The second-order valence-corrected chi connectivity index (χ2v) is 5.35. The minimum absolute atomic E-state index is 0.235. The van der Waals surface area contributed by atoms with Crippen molar-refractivity contribution in [1.82, 2.24) is 15.3 Å². The number of pyridine rings is 2. The van der Waals surface area contributed by atoms with Gasteiger partial charge in [0.25, 0.3) is 5.91 Å². The average molecular weight is 340 g/mol. The van der Waals surface area contributed by atoms with Crippen molar-refractivity contribution < 1.29 is 9.53 Å². The van der Waals surface area contributed by atoms with E-state index < -0.39 is 0 Å². The highest BCUT2D eigenvalue weighted by Crippen LogP contribution is 2.24. The van der Waals surface area contributed by atoms with E-state index in [1.54, 1.807) is 48.8 Å². The minimum atomic E-state index is -0.280. The summed E-state index contributed by atoms with van der Waals surface area (Å²) in [6.07, 6.45) is 3.25. The Morgan fingerprint density at radius 3 is 2.54 bits per heavy atom. The normalized spacial score (nSPS) is 10.2. The van der Waals surface area contributed by atoms with Crippen LogP contribution in [0, 0.1) is 0 Å². The van der Waals surface area contributed by atoms with E-state index in [-0.39, 0.29) is 11.8 Å². The standard InChI is InChI=1S/C18H14ClN3O2/c19-13-6-8-15(9-7-13)24-18-16(5-3-11-21-18)17(23)22-12-14-4-1-2-10-20-14/h1-11H,12H2,(H,22,23). The number of amides is 1. The van der Waals surface area contributed by atoms with Gasteiger partial charge in [-0.1, -0.05) is 17.7 Å². The molecule has 3 rings (SSSR count). The number of nitrogens with zero attached hydrogens (tertiary/aromatic N) is 2. The Morgan fingerprint density at radius 2 is 1.79 bits per heavy atom. The third-order valence-electron chi connectivity index (χ3n) is 3.20.